The van der Waals surface area contributed by atoms with E-state index in [4.69, 9.17) is 10.5 Å². The normalized spacial score (nSPS) is 11.2. The maximum Gasteiger partial charge on any atom is 0.257 e. The van der Waals surface area contributed by atoms with E-state index in [2.05, 4.69) is 15.0 Å². The predicted octanol–water partition coefficient (Wildman–Crippen LogP) is 2.62. The van der Waals surface area contributed by atoms with Crippen LogP contribution in [0, 0.1) is 0 Å². The van der Waals surface area contributed by atoms with Crippen LogP contribution in [0.1, 0.15) is 12.5 Å². The van der Waals surface area contributed by atoms with Gasteiger partial charge in [0.25, 0.3) is 5.56 Å². The molecule has 3 aromatic rings. The van der Waals surface area contributed by atoms with Crippen molar-refractivity contribution in [3.05, 3.63) is 52.3 Å². The van der Waals surface area contributed by atoms with Crippen molar-refractivity contribution in [1.82, 2.24) is 9.97 Å². The third-order valence-corrected chi connectivity index (χ3v) is 3.64. The Bertz CT molecular complexity index is 976. The lowest BCUT2D eigenvalue weighted by Crippen LogP contribution is -2.10. The fourth-order valence-electron chi connectivity index (χ4n) is 2.50. The van der Waals surface area contributed by atoms with Crippen LogP contribution < -0.4 is 16.0 Å². The number of nitrogens with one attached hydrogen (secondary N) is 1. The molecule has 0 atom stereocenters. The van der Waals surface area contributed by atoms with Crippen LogP contribution >= 0.6 is 0 Å². The Morgan fingerprint density at radius 1 is 1.29 bits per heavy atom. The number of aliphatic imine (C=N–C) groups is 1. The molecule has 24 heavy (non-hydrogen) atoms. The lowest BCUT2D eigenvalue weighted by molar-refractivity contribution is 0.328. The number of hydrogen-bond donors (Lipinski definition) is 2. The van der Waals surface area contributed by atoms with Gasteiger partial charge in [-0.1, -0.05) is 6.07 Å². The summed E-state index contributed by atoms with van der Waals surface area (Å²) in [4.78, 5) is 23.6. The maximum absolute atomic E-state index is 12.5. The van der Waals surface area contributed by atoms with Gasteiger partial charge in [0.15, 0.2) is 0 Å². The first-order valence-electron chi connectivity index (χ1n) is 7.61. The summed E-state index contributed by atoms with van der Waals surface area (Å²) >= 11 is 0. The summed E-state index contributed by atoms with van der Waals surface area (Å²) in [5.41, 5.74) is 8.93. The molecule has 0 bridgehead atoms. The zero-order valence-corrected chi connectivity index (χ0v) is 13.5. The molecule has 1 aromatic carbocycles. The molecule has 2 aromatic heterocycles. The highest BCUT2D eigenvalue weighted by Crippen LogP contribution is 2.23. The van der Waals surface area contributed by atoms with Crippen LogP contribution in [-0.2, 0) is 0 Å². The Morgan fingerprint density at radius 2 is 2.12 bits per heavy atom. The number of nitrogen functional groups attached to an aromatic ring is 1. The summed E-state index contributed by atoms with van der Waals surface area (Å²) in [5.74, 6) is 0.488. The average molecular weight is 322 g/mol. The van der Waals surface area contributed by atoms with E-state index in [0.717, 1.165) is 16.5 Å². The molecule has 2 heterocycles. The number of benzene rings is 1. The summed E-state index contributed by atoms with van der Waals surface area (Å²) < 4.78 is 5.36. The molecule has 0 aliphatic carbocycles. The van der Waals surface area contributed by atoms with E-state index in [1.807, 2.05) is 31.2 Å². The molecule has 0 fully saturated rings. The van der Waals surface area contributed by atoms with Crippen LogP contribution in [0.5, 0.6) is 5.88 Å². The molecule has 6 nitrogen and oxygen atoms in total. The highest BCUT2D eigenvalue weighted by molar-refractivity contribution is 5.90. The van der Waals surface area contributed by atoms with Gasteiger partial charge in [-0.25, -0.2) is 0 Å². The molecule has 122 valence electrons. The number of anilines is 1. The molecule has 0 radical (unpaired) electrons. The van der Waals surface area contributed by atoms with Crippen LogP contribution in [0.3, 0.4) is 0 Å². The molecule has 6 heteroatoms. The second kappa shape index (κ2) is 6.54. The fourth-order valence-corrected chi connectivity index (χ4v) is 2.50. The molecule has 0 unspecified atom stereocenters. The third kappa shape index (κ3) is 2.99. The van der Waals surface area contributed by atoms with Gasteiger partial charge in [-0.15, -0.1) is 0 Å². The van der Waals surface area contributed by atoms with E-state index in [-0.39, 0.29) is 5.56 Å². The molecule has 0 aliphatic rings. The number of nitrogens with zero attached hydrogens (tertiary/aromatic N) is 2. The monoisotopic (exact) mass is 322 g/mol. The molecular formula is C18H18N4O2. The Hall–Kier alpha value is -3.15. The molecule has 0 spiro atoms. The molecule has 0 saturated heterocycles. The summed E-state index contributed by atoms with van der Waals surface area (Å²) in [5, 5.41) is 0.829. The number of ether oxygens (including phenoxy) is 1. The van der Waals surface area contributed by atoms with Crippen LogP contribution in [0.4, 0.5) is 5.69 Å². The minimum atomic E-state index is -0.215. The summed E-state index contributed by atoms with van der Waals surface area (Å²) in [6.07, 6.45) is 1.67. The topological polar surface area (TPSA) is 93.4 Å². The highest BCUT2D eigenvalue weighted by Gasteiger charge is 2.09. The highest BCUT2D eigenvalue weighted by atomic mass is 16.5. The summed E-state index contributed by atoms with van der Waals surface area (Å²) in [6, 6.07) is 10.9. The maximum atomic E-state index is 12.5. The number of pyridine rings is 2. The van der Waals surface area contributed by atoms with Gasteiger partial charge >= 0.3 is 0 Å². The number of nitrogens with two attached hydrogens (primary N) is 1. The molecule has 0 saturated carbocycles. The van der Waals surface area contributed by atoms with Crippen molar-refractivity contribution in [1.29, 1.82) is 0 Å². The van der Waals surface area contributed by atoms with Gasteiger partial charge in [0, 0.05) is 41.5 Å². The largest absolute Gasteiger partial charge is 0.478 e. The van der Waals surface area contributed by atoms with Gasteiger partial charge < -0.3 is 15.5 Å². The van der Waals surface area contributed by atoms with Gasteiger partial charge in [0.05, 0.1) is 6.61 Å². The smallest absolute Gasteiger partial charge is 0.257 e. The van der Waals surface area contributed by atoms with Crippen molar-refractivity contribution in [2.24, 2.45) is 4.99 Å². The summed E-state index contributed by atoms with van der Waals surface area (Å²) in [6.45, 7) is 2.41. The van der Waals surface area contributed by atoms with E-state index >= 15 is 0 Å². The van der Waals surface area contributed by atoms with E-state index in [1.165, 1.54) is 0 Å². The number of hydrogen-bond acceptors (Lipinski definition) is 5. The number of fused-ring (bicyclic) bond motifs is 1. The molecule has 3 rings (SSSR count). The molecule has 0 amide bonds. The van der Waals surface area contributed by atoms with Gasteiger partial charge in [-0.05, 0) is 36.8 Å². The number of H-pyrrole nitrogens is 1. The Kier molecular flexibility index (Phi) is 4.29. The van der Waals surface area contributed by atoms with E-state index in [0.29, 0.717) is 29.4 Å². The van der Waals surface area contributed by atoms with Gasteiger partial charge in [0.2, 0.25) is 5.88 Å². The van der Waals surface area contributed by atoms with Crippen LogP contribution in [0.25, 0.3) is 22.2 Å². The minimum absolute atomic E-state index is 0.215. The van der Waals surface area contributed by atoms with Gasteiger partial charge in [-0.3, -0.25) is 9.79 Å². The summed E-state index contributed by atoms with van der Waals surface area (Å²) in [7, 11) is 1.68. The van der Waals surface area contributed by atoms with Gasteiger partial charge in [0.1, 0.15) is 5.65 Å². The van der Waals surface area contributed by atoms with Crippen molar-refractivity contribution < 1.29 is 4.74 Å². The van der Waals surface area contributed by atoms with E-state index in [1.54, 1.807) is 25.4 Å². The van der Waals surface area contributed by atoms with Crippen LogP contribution in [0.15, 0.2) is 46.2 Å². The predicted molar refractivity (Wildman–Crippen MR) is 96.9 cm³/mol. The molecular weight excluding hydrogens is 304 g/mol. The average Bonchev–Trinajstić information content (AvgIpc) is 2.57. The minimum Gasteiger partial charge on any atom is -0.478 e. The molecule has 3 N–H and O–H groups in total. The lowest BCUT2D eigenvalue weighted by Gasteiger charge is -2.07. The lowest BCUT2D eigenvalue weighted by atomic mass is 10.0. The zero-order valence-electron chi connectivity index (χ0n) is 13.5. The third-order valence-electron chi connectivity index (χ3n) is 3.64. The van der Waals surface area contributed by atoms with Gasteiger partial charge in [-0.2, -0.15) is 4.98 Å². The number of aromatic nitrogens is 2. The van der Waals surface area contributed by atoms with Crippen molar-refractivity contribution >= 4 is 22.9 Å². The molecule has 0 aliphatic heterocycles. The second-order valence-corrected chi connectivity index (χ2v) is 5.26. The second-order valence-electron chi connectivity index (χ2n) is 5.26. The quantitative estimate of drug-likeness (QED) is 0.570. The van der Waals surface area contributed by atoms with Crippen molar-refractivity contribution in [2.75, 3.05) is 19.4 Å². The van der Waals surface area contributed by atoms with Crippen molar-refractivity contribution in [2.45, 2.75) is 6.92 Å². The SMILES string of the molecule is CCOc1ccc2cc(-c3ccc(N)c(C=NC)c3)c(=O)[nH]c2n1. The van der Waals surface area contributed by atoms with E-state index < -0.39 is 0 Å². The van der Waals surface area contributed by atoms with Crippen LogP contribution in [0.2, 0.25) is 0 Å². The first kappa shape index (κ1) is 15.7. The number of aromatic amines is 1. The Labute approximate surface area is 139 Å². The fraction of sp³-hybridized carbons (Fsp3) is 0.167. The first-order chi connectivity index (χ1) is 11.6. The first-order valence-corrected chi connectivity index (χ1v) is 7.61. The Balaban J connectivity index is 2.13. The number of rotatable bonds is 4. The van der Waals surface area contributed by atoms with Crippen LogP contribution in [-0.4, -0.2) is 29.8 Å². The standard InChI is InChI=1S/C18H18N4O2/c1-3-24-16-7-5-12-9-14(18(23)22-17(12)21-16)11-4-6-15(19)13(8-11)10-20-2/h4-10H,3,19H2,1-2H3,(H,21,22,23). The van der Waals surface area contributed by atoms with Crippen molar-refractivity contribution in [3.8, 4) is 17.0 Å². The zero-order chi connectivity index (χ0) is 17.1. The Morgan fingerprint density at radius 3 is 2.88 bits per heavy atom. The van der Waals surface area contributed by atoms with Crippen molar-refractivity contribution in [3.63, 3.8) is 0 Å². The van der Waals surface area contributed by atoms with E-state index in [9.17, 15) is 4.79 Å².